The smallest absolute Gasteiger partial charge is 0.335 e. The van der Waals surface area contributed by atoms with Crippen LogP contribution in [-0.4, -0.2) is 36.9 Å². The lowest BCUT2D eigenvalue weighted by Gasteiger charge is -2.26. The molecule has 1 aromatic carbocycles. The predicted octanol–water partition coefficient (Wildman–Crippen LogP) is 1.84. The molecule has 0 atom stereocenters. The van der Waals surface area contributed by atoms with Crippen LogP contribution in [0.4, 0.5) is 5.69 Å². The molecule has 7 heteroatoms. The highest BCUT2D eigenvalue weighted by Gasteiger charge is 2.24. The van der Waals surface area contributed by atoms with Gasteiger partial charge in [0.25, 0.3) is 0 Å². The van der Waals surface area contributed by atoms with E-state index in [1.807, 2.05) is 0 Å². The van der Waals surface area contributed by atoms with Crippen LogP contribution < -0.4 is 4.72 Å². The number of anilines is 1. The van der Waals surface area contributed by atoms with Gasteiger partial charge in [-0.2, -0.15) is 12.7 Å². The zero-order valence-electron chi connectivity index (χ0n) is 11.3. The third-order valence-corrected chi connectivity index (χ3v) is 4.89. The number of piperidine rings is 1. The van der Waals surface area contributed by atoms with Crippen LogP contribution in [0.15, 0.2) is 18.2 Å². The lowest BCUT2D eigenvalue weighted by atomic mass is 10.1. The molecular formula is C13H18N2O4S. The van der Waals surface area contributed by atoms with Gasteiger partial charge in [0.05, 0.1) is 11.3 Å². The summed E-state index contributed by atoms with van der Waals surface area (Å²) in [5.41, 5.74) is 1.15. The molecule has 1 aliphatic rings. The van der Waals surface area contributed by atoms with Crippen LogP contribution in [0.3, 0.4) is 0 Å². The Morgan fingerprint density at radius 1 is 1.25 bits per heavy atom. The first-order valence-corrected chi connectivity index (χ1v) is 7.96. The van der Waals surface area contributed by atoms with Crippen molar-refractivity contribution in [3.8, 4) is 0 Å². The van der Waals surface area contributed by atoms with E-state index in [0.29, 0.717) is 24.3 Å². The number of nitrogens with zero attached hydrogens (tertiary/aromatic N) is 1. The van der Waals surface area contributed by atoms with Crippen molar-refractivity contribution < 1.29 is 18.3 Å². The number of benzene rings is 1. The molecule has 0 unspecified atom stereocenters. The van der Waals surface area contributed by atoms with Crippen molar-refractivity contribution in [2.24, 2.45) is 0 Å². The molecule has 0 aliphatic carbocycles. The molecule has 1 fully saturated rings. The van der Waals surface area contributed by atoms with E-state index in [4.69, 9.17) is 5.11 Å². The van der Waals surface area contributed by atoms with E-state index in [-0.39, 0.29) is 5.56 Å². The Labute approximate surface area is 118 Å². The van der Waals surface area contributed by atoms with Crippen LogP contribution in [0, 0.1) is 6.92 Å². The van der Waals surface area contributed by atoms with E-state index < -0.39 is 16.2 Å². The third-order valence-electron chi connectivity index (χ3n) is 3.37. The summed E-state index contributed by atoms with van der Waals surface area (Å²) < 4.78 is 28.4. The molecule has 1 heterocycles. The minimum absolute atomic E-state index is 0.142. The molecular weight excluding hydrogens is 280 g/mol. The van der Waals surface area contributed by atoms with Crippen molar-refractivity contribution in [2.45, 2.75) is 26.2 Å². The molecule has 0 aromatic heterocycles. The van der Waals surface area contributed by atoms with Crippen molar-refractivity contribution in [3.63, 3.8) is 0 Å². The van der Waals surface area contributed by atoms with Crippen LogP contribution in [-0.2, 0) is 10.2 Å². The molecule has 20 heavy (non-hydrogen) atoms. The van der Waals surface area contributed by atoms with E-state index in [9.17, 15) is 13.2 Å². The van der Waals surface area contributed by atoms with Crippen LogP contribution >= 0.6 is 0 Å². The number of hydrogen-bond acceptors (Lipinski definition) is 3. The Bertz CT molecular complexity index is 607. The number of aryl methyl sites for hydroxylation is 1. The number of rotatable bonds is 4. The molecule has 0 radical (unpaired) electrons. The van der Waals surface area contributed by atoms with Crippen molar-refractivity contribution >= 4 is 21.9 Å². The van der Waals surface area contributed by atoms with Gasteiger partial charge in [-0.15, -0.1) is 0 Å². The molecule has 2 rings (SSSR count). The first-order chi connectivity index (χ1) is 9.40. The van der Waals surface area contributed by atoms with Crippen LogP contribution in [0.25, 0.3) is 0 Å². The summed E-state index contributed by atoms with van der Waals surface area (Å²) in [4.78, 5) is 10.9. The summed E-state index contributed by atoms with van der Waals surface area (Å²) in [6.07, 6.45) is 2.80. The van der Waals surface area contributed by atoms with E-state index >= 15 is 0 Å². The van der Waals surface area contributed by atoms with Crippen LogP contribution in [0.2, 0.25) is 0 Å². The SMILES string of the molecule is Cc1cc(C(=O)O)ccc1NS(=O)(=O)N1CCCCC1. The van der Waals surface area contributed by atoms with Crippen molar-refractivity contribution in [1.29, 1.82) is 0 Å². The van der Waals surface area contributed by atoms with Crippen molar-refractivity contribution in [1.82, 2.24) is 4.31 Å². The van der Waals surface area contributed by atoms with Crippen molar-refractivity contribution in [3.05, 3.63) is 29.3 Å². The van der Waals surface area contributed by atoms with E-state index in [0.717, 1.165) is 19.3 Å². The minimum atomic E-state index is -3.56. The fraction of sp³-hybridized carbons (Fsp3) is 0.462. The Kier molecular flexibility index (Phi) is 4.29. The van der Waals surface area contributed by atoms with Crippen molar-refractivity contribution in [2.75, 3.05) is 17.8 Å². The lowest BCUT2D eigenvalue weighted by Crippen LogP contribution is -2.39. The quantitative estimate of drug-likeness (QED) is 0.888. The molecule has 6 nitrogen and oxygen atoms in total. The maximum Gasteiger partial charge on any atom is 0.335 e. The summed E-state index contributed by atoms with van der Waals surface area (Å²) in [7, 11) is -3.56. The molecule has 0 bridgehead atoms. The number of hydrogen-bond donors (Lipinski definition) is 2. The molecule has 0 spiro atoms. The zero-order chi connectivity index (χ0) is 14.8. The van der Waals surface area contributed by atoms with Gasteiger partial charge in [0.1, 0.15) is 0 Å². The Morgan fingerprint density at radius 2 is 1.90 bits per heavy atom. The first kappa shape index (κ1) is 14.8. The fourth-order valence-electron chi connectivity index (χ4n) is 2.22. The predicted molar refractivity (Wildman–Crippen MR) is 76.1 cm³/mol. The van der Waals surface area contributed by atoms with Gasteiger partial charge in [-0.3, -0.25) is 4.72 Å². The average molecular weight is 298 g/mol. The highest BCUT2D eigenvalue weighted by atomic mass is 32.2. The topological polar surface area (TPSA) is 86.7 Å². The largest absolute Gasteiger partial charge is 0.478 e. The highest BCUT2D eigenvalue weighted by molar-refractivity contribution is 7.90. The number of nitrogens with one attached hydrogen (secondary N) is 1. The molecule has 0 saturated carbocycles. The third kappa shape index (κ3) is 3.29. The second kappa shape index (κ2) is 5.80. The Hall–Kier alpha value is -1.60. The number of carboxylic acid groups (broad SMARTS) is 1. The monoisotopic (exact) mass is 298 g/mol. The van der Waals surface area contributed by atoms with E-state index in [1.165, 1.54) is 22.5 Å². The van der Waals surface area contributed by atoms with Gasteiger partial charge < -0.3 is 5.11 Å². The molecule has 2 N–H and O–H groups in total. The van der Waals surface area contributed by atoms with Gasteiger partial charge in [-0.25, -0.2) is 4.79 Å². The number of carbonyl (C=O) groups is 1. The summed E-state index contributed by atoms with van der Waals surface area (Å²) in [5.74, 6) is -1.03. The minimum Gasteiger partial charge on any atom is -0.478 e. The fourth-order valence-corrected chi connectivity index (χ4v) is 3.59. The summed E-state index contributed by atoms with van der Waals surface area (Å²) in [6.45, 7) is 2.74. The van der Waals surface area contributed by atoms with Gasteiger partial charge in [0.2, 0.25) is 0 Å². The second-order valence-corrected chi connectivity index (χ2v) is 6.57. The van der Waals surface area contributed by atoms with Gasteiger partial charge in [-0.1, -0.05) is 6.42 Å². The average Bonchev–Trinajstić information content (AvgIpc) is 2.41. The molecule has 110 valence electrons. The normalized spacial score (nSPS) is 16.9. The molecule has 1 aromatic rings. The maximum absolute atomic E-state index is 12.2. The summed E-state index contributed by atoms with van der Waals surface area (Å²) in [5, 5.41) is 8.89. The molecule has 1 aliphatic heterocycles. The van der Waals surface area contributed by atoms with Gasteiger partial charge in [-0.05, 0) is 43.5 Å². The lowest BCUT2D eigenvalue weighted by molar-refractivity contribution is 0.0697. The molecule has 0 amide bonds. The molecule has 1 saturated heterocycles. The second-order valence-electron chi connectivity index (χ2n) is 4.90. The Balaban J connectivity index is 2.18. The van der Waals surface area contributed by atoms with Gasteiger partial charge in [0.15, 0.2) is 0 Å². The summed E-state index contributed by atoms with van der Waals surface area (Å²) in [6, 6.07) is 4.33. The van der Waals surface area contributed by atoms with Gasteiger partial charge >= 0.3 is 16.2 Å². The van der Waals surface area contributed by atoms with Crippen LogP contribution in [0.1, 0.15) is 35.2 Å². The first-order valence-electron chi connectivity index (χ1n) is 6.52. The number of carboxylic acids is 1. The zero-order valence-corrected chi connectivity index (χ0v) is 12.1. The highest BCUT2D eigenvalue weighted by Crippen LogP contribution is 2.21. The Morgan fingerprint density at radius 3 is 2.45 bits per heavy atom. The standard InChI is InChI=1S/C13H18N2O4S/c1-10-9-11(13(16)17)5-6-12(10)14-20(18,19)15-7-3-2-4-8-15/h5-6,9,14H,2-4,7-8H2,1H3,(H,16,17). The van der Waals surface area contributed by atoms with E-state index in [2.05, 4.69) is 4.72 Å². The van der Waals surface area contributed by atoms with Gasteiger partial charge in [0, 0.05) is 13.1 Å². The van der Waals surface area contributed by atoms with E-state index in [1.54, 1.807) is 6.92 Å². The summed E-state index contributed by atoms with van der Waals surface area (Å²) >= 11 is 0. The van der Waals surface area contributed by atoms with Crippen LogP contribution in [0.5, 0.6) is 0 Å². The number of aromatic carboxylic acids is 1. The maximum atomic E-state index is 12.2.